The molecular weight excluding hydrogens is 393 g/mol. The van der Waals surface area contributed by atoms with Crippen LogP contribution in [0.5, 0.6) is 5.75 Å². The lowest BCUT2D eigenvalue weighted by Gasteiger charge is -2.03. The zero-order valence-corrected chi connectivity index (χ0v) is 16.2. The van der Waals surface area contributed by atoms with E-state index in [0.29, 0.717) is 20.7 Å². The highest BCUT2D eigenvalue weighted by Gasteiger charge is 2.13. The minimum atomic E-state index is -0.343. The molecule has 2 aromatic carbocycles. The van der Waals surface area contributed by atoms with Crippen molar-refractivity contribution in [3.8, 4) is 5.75 Å². The number of ether oxygens (including phenoxy) is 1. The average molecular weight is 408 g/mol. The molecule has 3 aromatic rings. The molecule has 5 nitrogen and oxygen atoms in total. The van der Waals surface area contributed by atoms with Crippen LogP contribution in [-0.4, -0.2) is 23.2 Å². The number of nitrogens with one attached hydrogen (secondary N) is 1. The molecule has 26 heavy (non-hydrogen) atoms. The highest BCUT2D eigenvalue weighted by atomic mass is 35.5. The average Bonchev–Trinajstić information content (AvgIpc) is 3.07. The van der Waals surface area contributed by atoms with E-state index in [4.69, 9.17) is 27.9 Å². The monoisotopic (exact) mass is 407 g/mol. The van der Waals surface area contributed by atoms with Crippen LogP contribution in [0.4, 0.5) is 5.13 Å². The maximum absolute atomic E-state index is 12.3. The Balaban J connectivity index is 1.59. The molecule has 0 aliphatic heterocycles. The lowest BCUT2D eigenvalue weighted by atomic mass is 10.1. The molecule has 0 bridgehead atoms. The van der Waals surface area contributed by atoms with E-state index in [1.807, 2.05) is 24.3 Å². The van der Waals surface area contributed by atoms with Gasteiger partial charge in [0, 0.05) is 11.4 Å². The third kappa shape index (κ3) is 4.72. The summed E-state index contributed by atoms with van der Waals surface area (Å²) in [6.07, 6.45) is 1.57. The number of hydrogen-bond acceptors (Lipinski definition) is 5. The first-order valence-corrected chi connectivity index (χ1v) is 9.34. The van der Waals surface area contributed by atoms with Crippen LogP contribution in [0.25, 0.3) is 0 Å². The zero-order chi connectivity index (χ0) is 18.5. The summed E-state index contributed by atoms with van der Waals surface area (Å²) in [6, 6.07) is 12.6. The molecule has 1 N–H and O–H groups in total. The molecular formula is C18H15Cl2N3O2S. The van der Waals surface area contributed by atoms with Crippen molar-refractivity contribution in [2.75, 3.05) is 12.4 Å². The molecule has 0 aliphatic carbocycles. The molecule has 1 aromatic heterocycles. The van der Waals surface area contributed by atoms with Gasteiger partial charge in [0.05, 0.1) is 17.7 Å². The van der Waals surface area contributed by atoms with E-state index >= 15 is 0 Å². The van der Waals surface area contributed by atoms with Crippen molar-refractivity contribution in [2.24, 2.45) is 0 Å². The third-order valence-electron chi connectivity index (χ3n) is 3.65. The van der Waals surface area contributed by atoms with Gasteiger partial charge in [0.1, 0.15) is 10.8 Å². The number of carbonyl (C=O) groups is 1. The van der Waals surface area contributed by atoms with Gasteiger partial charge in [-0.05, 0) is 42.3 Å². The van der Waals surface area contributed by atoms with E-state index in [0.717, 1.165) is 23.6 Å². The Morgan fingerprint density at radius 1 is 1.12 bits per heavy atom. The van der Waals surface area contributed by atoms with Crippen LogP contribution >= 0.6 is 34.5 Å². The van der Waals surface area contributed by atoms with E-state index in [9.17, 15) is 4.79 Å². The van der Waals surface area contributed by atoms with Crippen molar-refractivity contribution in [2.45, 2.75) is 12.8 Å². The predicted octanol–water partition coefficient (Wildman–Crippen LogP) is 4.89. The summed E-state index contributed by atoms with van der Waals surface area (Å²) < 4.78 is 5.15. The molecule has 134 valence electrons. The second-order valence-electron chi connectivity index (χ2n) is 5.43. The van der Waals surface area contributed by atoms with Crippen molar-refractivity contribution >= 4 is 45.6 Å². The number of amides is 1. The van der Waals surface area contributed by atoms with Crippen molar-refractivity contribution in [1.82, 2.24) is 10.2 Å². The van der Waals surface area contributed by atoms with Crippen LogP contribution in [0.15, 0.2) is 42.5 Å². The van der Waals surface area contributed by atoms with Crippen molar-refractivity contribution < 1.29 is 9.53 Å². The van der Waals surface area contributed by atoms with Gasteiger partial charge >= 0.3 is 0 Å². The molecule has 3 rings (SSSR count). The minimum Gasteiger partial charge on any atom is -0.497 e. The molecule has 0 spiro atoms. The summed E-state index contributed by atoms with van der Waals surface area (Å²) in [4.78, 5) is 12.3. The molecule has 0 aliphatic rings. The number of methoxy groups -OCH3 is 1. The lowest BCUT2D eigenvalue weighted by molar-refractivity contribution is 0.102. The van der Waals surface area contributed by atoms with Crippen LogP contribution in [0.1, 0.15) is 20.9 Å². The largest absolute Gasteiger partial charge is 0.497 e. The molecule has 8 heteroatoms. The number of halogens is 2. The number of carbonyl (C=O) groups excluding carboxylic acids is 1. The number of benzene rings is 2. The first-order chi connectivity index (χ1) is 12.5. The Bertz CT molecular complexity index is 913. The Morgan fingerprint density at radius 2 is 1.88 bits per heavy atom. The maximum Gasteiger partial charge on any atom is 0.259 e. The molecule has 1 amide bonds. The van der Waals surface area contributed by atoms with E-state index in [-0.39, 0.29) is 5.91 Å². The van der Waals surface area contributed by atoms with Gasteiger partial charge in [-0.3, -0.25) is 10.1 Å². The van der Waals surface area contributed by atoms with Gasteiger partial charge < -0.3 is 4.74 Å². The van der Waals surface area contributed by atoms with E-state index < -0.39 is 0 Å². The maximum atomic E-state index is 12.3. The summed E-state index contributed by atoms with van der Waals surface area (Å²) in [6.45, 7) is 0. The number of rotatable bonds is 6. The SMILES string of the molecule is COc1ccc(CCc2nnc(NC(=O)c3ccc(Cl)cc3Cl)s2)cc1. The fourth-order valence-electron chi connectivity index (χ4n) is 2.29. The van der Waals surface area contributed by atoms with Crippen LogP contribution in [0.3, 0.4) is 0 Å². The normalized spacial score (nSPS) is 10.6. The second kappa shape index (κ2) is 8.49. The van der Waals surface area contributed by atoms with Gasteiger partial charge in [-0.1, -0.05) is 46.7 Å². The number of hydrogen-bond donors (Lipinski definition) is 1. The van der Waals surface area contributed by atoms with Gasteiger partial charge in [-0.15, -0.1) is 10.2 Å². The highest BCUT2D eigenvalue weighted by molar-refractivity contribution is 7.15. The Hall–Kier alpha value is -2.15. The van der Waals surface area contributed by atoms with E-state index in [1.165, 1.54) is 23.0 Å². The van der Waals surface area contributed by atoms with Crippen molar-refractivity contribution in [3.05, 3.63) is 68.6 Å². The summed E-state index contributed by atoms with van der Waals surface area (Å²) in [7, 11) is 1.64. The Kier molecular flexibility index (Phi) is 6.08. The minimum absolute atomic E-state index is 0.291. The molecule has 0 radical (unpaired) electrons. The highest BCUT2D eigenvalue weighted by Crippen LogP contribution is 2.23. The van der Waals surface area contributed by atoms with E-state index in [2.05, 4.69) is 15.5 Å². The topological polar surface area (TPSA) is 64.1 Å². The summed E-state index contributed by atoms with van der Waals surface area (Å²) in [5, 5.41) is 12.9. The van der Waals surface area contributed by atoms with Crippen molar-refractivity contribution in [1.29, 1.82) is 0 Å². The van der Waals surface area contributed by atoms with Crippen LogP contribution in [-0.2, 0) is 12.8 Å². The van der Waals surface area contributed by atoms with Crippen molar-refractivity contribution in [3.63, 3.8) is 0 Å². The Morgan fingerprint density at radius 3 is 2.58 bits per heavy atom. The van der Waals surface area contributed by atoms with Crippen LogP contribution < -0.4 is 10.1 Å². The fourth-order valence-corrected chi connectivity index (χ4v) is 3.52. The lowest BCUT2D eigenvalue weighted by Crippen LogP contribution is -2.12. The predicted molar refractivity (Wildman–Crippen MR) is 105 cm³/mol. The van der Waals surface area contributed by atoms with Crippen LogP contribution in [0, 0.1) is 0 Å². The second-order valence-corrected chi connectivity index (χ2v) is 7.33. The standard InChI is InChI=1S/C18H15Cl2N3O2S/c1-25-13-6-2-11(3-7-13)4-9-16-22-23-18(26-16)21-17(24)14-8-5-12(19)10-15(14)20/h2-3,5-8,10H,4,9H2,1H3,(H,21,23,24). The summed E-state index contributed by atoms with van der Waals surface area (Å²) >= 11 is 13.2. The summed E-state index contributed by atoms with van der Waals surface area (Å²) in [5.74, 6) is 0.486. The first-order valence-electron chi connectivity index (χ1n) is 7.77. The van der Waals surface area contributed by atoms with Crippen LogP contribution in [0.2, 0.25) is 10.0 Å². The smallest absolute Gasteiger partial charge is 0.259 e. The molecule has 0 unspecified atom stereocenters. The number of nitrogens with zero attached hydrogens (tertiary/aromatic N) is 2. The third-order valence-corrected chi connectivity index (χ3v) is 5.10. The molecule has 1 heterocycles. The fraction of sp³-hybridized carbons (Fsp3) is 0.167. The van der Waals surface area contributed by atoms with Gasteiger partial charge in [0.2, 0.25) is 5.13 Å². The molecule has 0 atom stereocenters. The Labute approximate surface area is 164 Å². The number of anilines is 1. The van der Waals surface area contributed by atoms with Gasteiger partial charge in [-0.25, -0.2) is 0 Å². The molecule has 0 saturated heterocycles. The number of aromatic nitrogens is 2. The molecule has 0 fully saturated rings. The van der Waals surface area contributed by atoms with Gasteiger partial charge in [-0.2, -0.15) is 0 Å². The van der Waals surface area contributed by atoms with Gasteiger partial charge in [0.15, 0.2) is 0 Å². The van der Waals surface area contributed by atoms with Gasteiger partial charge in [0.25, 0.3) is 5.91 Å². The zero-order valence-electron chi connectivity index (χ0n) is 13.8. The number of aryl methyl sites for hydroxylation is 2. The summed E-state index contributed by atoms with van der Waals surface area (Å²) in [5.41, 5.74) is 1.52. The van der Waals surface area contributed by atoms with E-state index in [1.54, 1.807) is 19.2 Å². The quantitative estimate of drug-likeness (QED) is 0.631. The molecule has 0 saturated carbocycles. The first kappa shape index (κ1) is 18.6.